The maximum atomic E-state index is 14.0. The number of carbonyl (C=O) groups excluding carboxylic acids is 2. The molecule has 10 nitrogen and oxygen atoms in total. The van der Waals surface area contributed by atoms with Crippen LogP contribution in [0.3, 0.4) is 0 Å². The average Bonchev–Trinajstić information content (AvgIpc) is 3.57. The van der Waals surface area contributed by atoms with E-state index in [1.807, 2.05) is 6.92 Å². The summed E-state index contributed by atoms with van der Waals surface area (Å²) in [6.07, 6.45) is 0.634. The van der Waals surface area contributed by atoms with Gasteiger partial charge in [0.15, 0.2) is 5.69 Å². The van der Waals surface area contributed by atoms with E-state index in [2.05, 4.69) is 15.3 Å². The molecule has 3 aromatic heterocycles. The standard InChI is InChI=1S/C34H37F3N4O6S/c1-4-5-24(42)13-22-14-25(33-40-30(19-48-33)34(35,36)37)27(15-38-22)20-6-7-29-26(12-20)31(43)28(16-41(29)23(17-45-2)18-46-3)32(44)39-21-8-10-47-11-9-21/h6-7,12,14-16,19,21,23H,4-5,8-11,13,17-18H2,1-3H3,(H,39,44). The number of hydrogen-bond acceptors (Lipinski definition) is 9. The third kappa shape index (κ3) is 8.00. The summed E-state index contributed by atoms with van der Waals surface area (Å²) in [5, 5.41) is 4.21. The summed E-state index contributed by atoms with van der Waals surface area (Å²) in [5.74, 6) is -0.564. The van der Waals surface area contributed by atoms with Gasteiger partial charge < -0.3 is 24.1 Å². The molecule has 1 saturated heterocycles. The Kier molecular flexibility index (Phi) is 11.4. The number of benzene rings is 1. The monoisotopic (exact) mass is 686 g/mol. The molecule has 0 unspecified atom stereocenters. The second-order valence-electron chi connectivity index (χ2n) is 11.7. The third-order valence-corrected chi connectivity index (χ3v) is 9.02. The van der Waals surface area contributed by atoms with E-state index in [-0.39, 0.29) is 47.4 Å². The first-order chi connectivity index (χ1) is 23.0. The number of methoxy groups -OCH3 is 2. The van der Waals surface area contributed by atoms with E-state index in [1.54, 1.807) is 43.1 Å². The van der Waals surface area contributed by atoms with Gasteiger partial charge >= 0.3 is 6.18 Å². The van der Waals surface area contributed by atoms with Crippen molar-refractivity contribution in [2.45, 2.75) is 57.3 Å². The zero-order chi connectivity index (χ0) is 34.4. The van der Waals surface area contributed by atoms with Crippen LogP contribution < -0.4 is 10.7 Å². The number of carbonyl (C=O) groups is 2. The Morgan fingerprint density at radius 3 is 2.50 bits per heavy atom. The minimum absolute atomic E-state index is 0.0209. The van der Waals surface area contributed by atoms with Crippen LogP contribution in [0.15, 0.2) is 46.8 Å². The molecular weight excluding hydrogens is 649 g/mol. The molecule has 5 rings (SSSR count). The lowest BCUT2D eigenvalue weighted by Gasteiger charge is -2.25. The largest absolute Gasteiger partial charge is 0.434 e. The summed E-state index contributed by atoms with van der Waals surface area (Å²) in [6, 6.07) is 6.10. The highest BCUT2D eigenvalue weighted by Crippen LogP contribution is 2.38. The Balaban J connectivity index is 1.67. The molecule has 256 valence electrons. The number of fused-ring (bicyclic) bond motifs is 1. The fourth-order valence-electron chi connectivity index (χ4n) is 5.78. The quantitative estimate of drug-likeness (QED) is 0.186. The Hall–Kier alpha value is -3.98. The van der Waals surface area contributed by atoms with Gasteiger partial charge in [0.05, 0.1) is 24.8 Å². The van der Waals surface area contributed by atoms with E-state index in [9.17, 15) is 27.6 Å². The zero-order valence-corrected chi connectivity index (χ0v) is 27.7. The molecule has 0 bridgehead atoms. The van der Waals surface area contributed by atoms with Crippen LogP contribution in [0.25, 0.3) is 32.6 Å². The number of pyridine rings is 2. The normalized spacial score (nSPS) is 14.1. The smallest absolute Gasteiger partial charge is 0.382 e. The number of rotatable bonds is 13. The molecule has 48 heavy (non-hydrogen) atoms. The minimum Gasteiger partial charge on any atom is -0.382 e. The molecule has 14 heteroatoms. The van der Waals surface area contributed by atoms with Crippen LogP contribution in [-0.2, 0) is 31.6 Å². The Labute approximate surface area is 279 Å². The van der Waals surface area contributed by atoms with Crippen LogP contribution in [0.1, 0.15) is 60.4 Å². The molecular formula is C34H37F3N4O6S. The van der Waals surface area contributed by atoms with Crippen LogP contribution in [0.5, 0.6) is 0 Å². The molecule has 1 aliphatic heterocycles. The lowest BCUT2D eigenvalue weighted by molar-refractivity contribution is -0.140. The van der Waals surface area contributed by atoms with Gasteiger partial charge in [-0.2, -0.15) is 13.2 Å². The molecule has 1 aliphatic rings. The van der Waals surface area contributed by atoms with Gasteiger partial charge in [-0.3, -0.25) is 19.4 Å². The predicted octanol–water partition coefficient (Wildman–Crippen LogP) is 5.86. The van der Waals surface area contributed by atoms with Crippen molar-refractivity contribution < 1.29 is 37.0 Å². The number of ketones is 1. The molecule has 0 atom stereocenters. The van der Waals surface area contributed by atoms with Crippen molar-refractivity contribution in [1.82, 2.24) is 19.9 Å². The van der Waals surface area contributed by atoms with E-state index in [1.165, 1.54) is 12.4 Å². The van der Waals surface area contributed by atoms with Gasteiger partial charge in [-0.1, -0.05) is 13.0 Å². The number of alkyl halides is 3. The fraction of sp³-hybridized carbons (Fsp3) is 0.441. The van der Waals surface area contributed by atoms with E-state index >= 15 is 0 Å². The van der Waals surface area contributed by atoms with Crippen molar-refractivity contribution in [2.24, 2.45) is 0 Å². The Morgan fingerprint density at radius 2 is 1.85 bits per heavy atom. The lowest BCUT2D eigenvalue weighted by atomic mass is 9.97. The van der Waals surface area contributed by atoms with Gasteiger partial charge in [-0.15, -0.1) is 11.3 Å². The Bertz CT molecular complexity index is 1830. The van der Waals surface area contributed by atoms with Gasteiger partial charge in [-0.05, 0) is 43.0 Å². The number of amides is 1. The zero-order valence-electron chi connectivity index (χ0n) is 26.9. The number of thiazole rings is 1. The summed E-state index contributed by atoms with van der Waals surface area (Å²) in [5.41, 5.74) is 0.532. The molecule has 0 saturated carbocycles. The van der Waals surface area contributed by atoms with Crippen LogP contribution in [0.2, 0.25) is 0 Å². The van der Waals surface area contributed by atoms with E-state index in [0.717, 1.165) is 16.7 Å². The van der Waals surface area contributed by atoms with Crippen molar-refractivity contribution in [3.05, 3.63) is 69.2 Å². The average molecular weight is 687 g/mol. The molecule has 1 fully saturated rings. The Morgan fingerprint density at radius 1 is 1.12 bits per heavy atom. The van der Waals surface area contributed by atoms with Gasteiger partial charge in [0.25, 0.3) is 5.91 Å². The summed E-state index contributed by atoms with van der Waals surface area (Å²) in [6.45, 7) is 3.35. The third-order valence-electron chi connectivity index (χ3n) is 8.15. The highest BCUT2D eigenvalue weighted by Gasteiger charge is 2.34. The molecule has 4 aromatic rings. The maximum Gasteiger partial charge on any atom is 0.434 e. The SMILES string of the molecule is CCCC(=O)Cc1cc(-c2nc(C(F)(F)F)cs2)c(-c2ccc3c(c2)c(=O)c(C(=O)NC2CCOCC2)cn3C(COC)COC)cn1. The second kappa shape index (κ2) is 15.5. The number of aromatic nitrogens is 3. The molecule has 0 aliphatic carbocycles. The van der Waals surface area contributed by atoms with Crippen LogP contribution in [-0.4, -0.2) is 72.9 Å². The van der Waals surface area contributed by atoms with Gasteiger partial charge in [0.2, 0.25) is 5.43 Å². The van der Waals surface area contributed by atoms with Gasteiger partial charge in [0, 0.05) is 86.3 Å². The van der Waals surface area contributed by atoms with Crippen molar-refractivity contribution in [3.63, 3.8) is 0 Å². The fourth-order valence-corrected chi connectivity index (χ4v) is 6.64. The van der Waals surface area contributed by atoms with Crippen LogP contribution >= 0.6 is 11.3 Å². The van der Waals surface area contributed by atoms with Gasteiger partial charge in [0.1, 0.15) is 16.4 Å². The number of ether oxygens (including phenoxy) is 3. The number of nitrogens with zero attached hydrogens (tertiary/aromatic N) is 3. The summed E-state index contributed by atoms with van der Waals surface area (Å²) >= 11 is 0.824. The topological polar surface area (TPSA) is 122 Å². The first-order valence-corrected chi connectivity index (χ1v) is 16.5. The first kappa shape index (κ1) is 35.3. The number of hydrogen-bond donors (Lipinski definition) is 1. The van der Waals surface area contributed by atoms with Gasteiger partial charge in [-0.25, -0.2) is 4.98 Å². The minimum atomic E-state index is -4.64. The number of Topliss-reactive ketones (excluding diaryl/α,β-unsaturated/α-hetero) is 1. The van der Waals surface area contributed by atoms with Crippen molar-refractivity contribution >= 4 is 33.9 Å². The maximum absolute atomic E-state index is 14.0. The molecule has 1 amide bonds. The summed E-state index contributed by atoms with van der Waals surface area (Å²) < 4.78 is 58.7. The molecule has 1 aromatic carbocycles. The lowest BCUT2D eigenvalue weighted by Crippen LogP contribution is -2.41. The van der Waals surface area contributed by atoms with Crippen LogP contribution in [0.4, 0.5) is 13.2 Å². The molecule has 1 N–H and O–H groups in total. The molecule has 0 radical (unpaired) electrons. The molecule has 4 heterocycles. The van der Waals surface area contributed by atoms with E-state index in [4.69, 9.17) is 14.2 Å². The van der Waals surface area contributed by atoms with Crippen molar-refractivity contribution in [2.75, 3.05) is 40.6 Å². The highest BCUT2D eigenvalue weighted by atomic mass is 32.1. The summed E-state index contributed by atoms with van der Waals surface area (Å²) in [7, 11) is 3.09. The number of nitrogens with one attached hydrogen (secondary N) is 1. The first-order valence-electron chi connectivity index (χ1n) is 15.6. The van der Waals surface area contributed by atoms with Crippen molar-refractivity contribution in [3.8, 4) is 21.7 Å². The number of halogens is 3. The second-order valence-corrected chi connectivity index (χ2v) is 12.5. The van der Waals surface area contributed by atoms with E-state index < -0.39 is 29.2 Å². The summed E-state index contributed by atoms with van der Waals surface area (Å²) in [4.78, 5) is 48.4. The highest BCUT2D eigenvalue weighted by molar-refractivity contribution is 7.13. The predicted molar refractivity (Wildman–Crippen MR) is 175 cm³/mol. The van der Waals surface area contributed by atoms with Crippen molar-refractivity contribution in [1.29, 1.82) is 0 Å². The van der Waals surface area contributed by atoms with E-state index in [0.29, 0.717) is 66.8 Å². The molecule has 0 spiro atoms. The van der Waals surface area contributed by atoms with Crippen LogP contribution in [0, 0.1) is 0 Å².